The van der Waals surface area contributed by atoms with E-state index < -0.39 is 0 Å². The molecule has 5 rings (SSSR count). The molecule has 3 heterocycles. The summed E-state index contributed by atoms with van der Waals surface area (Å²) in [5.41, 5.74) is 3.50. The maximum atomic E-state index is 13.2. The molecular formula is C23H25N3OS. The Morgan fingerprint density at radius 1 is 1.07 bits per heavy atom. The third-order valence-electron chi connectivity index (χ3n) is 6.25. The number of nitrogens with zero attached hydrogens (tertiary/aromatic N) is 3. The van der Waals surface area contributed by atoms with E-state index >= 15 is 0 Å². The number of likely N-dealkylation sites (tertiary alicyclic amines) is 1. The van der Waals surface area contributed by atoms with Crippen LogP contribution in [0, 0.1) is 0 Å². The number of carbonyl (C=O) groups excluding carboxylic acids is 1. The molecule has 1 aromatic heterocycles. The lowest BCUT2D eigenvalue weighted by Crippen LogP contribution is -2.49. The molecule has 1 atom stereocenters. The van der Waals surface area contributed by atoms with Gasteiger partial charge in [0.1, 0.15) is 0 Å². The highest BCUT2D eigenvalue weighted by Gasteiger charge is 2.33. The van der Waals surface area contributed by atoms with Crippen LogP contribution in [-0.2, 0) is 11.2 Å². The molecule has 1 unspecified atom stereocenters. The number of piperidine rings is 1. The highest BCUT2D eigenvalue weighted by molar-refractivity contribution is 7.18. The summed E-state index contributed by atoms with van der Waals surface area (Å²) < 4.78 is 1.27. The maximum absolute atomic E-state index is 13.2. The first-order valence-electron chi connectivity index (χ1n) is 10.2. The van der Waals surface area contributed by atoms with E-state index in [4.69, 9.17) is 4.98 Å². The fourth-order valence-electron chi connectivity index (χ4n) is 4.55. The van der Waals surface area contributed by atoms with E-state index in [1.54, 1.807) is 0 Å². The minimum absolute atomic E-state index is 0.0672. The minimum atomic E-state index is -0.0672. The van der Waals surface area contributed by atoms with E-state index in [0.29, 0.717) is 5.92 Å². The van der Waals surface area contributed by atoms with E-state index in [9.17, 15) is 4.79 Å². The van der Waals surface area contributed by atoms with E-state index in [1.807, 2.05) is 22.3 Å². The Kier molecular flexibility index (Phi) is 4.65. The number of hydrogen-bond acceptors (Lipinski definition) is 4. The number of anilines is 1. The normalized spacial score (nSPS) is 19.1. The third kappa shape index (κ3) is 3.12. The van der Waals surface area contributed by atoms with Crippen molar-refractivity contribution < 1.29 is 4.79 Å². The molecule has 2 aromatic carbocycles. The van der Waals surface area contributed by atoms with Gasteiger partial charge in [-0.2, -0.15) is 0 Å². The van der Waals surface area contributed by atoms with Crippen molar-refractivity contribution in [2.24, 2.45) is 0 Å². The molecule has 4 nitrogen and oxygen atoms in total. The highest BCUT2D eigenvalue weighted by Crippen LogP contribution is 2.35. The lowest BCUT2D eigenvalue weighted by molar-refractivity contribution is -0.123. The summed E-state index contributed by atoms with van der Waals surface area (Å²) in [5.74, 6) is 0.756. The van der Waals surface area contributed by atoms with Crippen molar-refractivity contribution >= 4 is 33.1 Å². The summed E-state index contributed by atoms with van der Waals surface area (Å²) in [5, 5.41) is 1.26. The smallest absolute Gasteiger partial charge is 0.244 e. The van der Waals surface area contributed by atoms with Gasteiger partial charge in [0.05, 0.1) is 21.3 Å². The molecule has 0 radical (unpaired) electrons. The van der Waals surface area contributed by atoms with E-state index in [0.717, 1.165) is 50.1 Å². The zero-order valence-corrected chi connectivity index (χ0v) is 17.0. The summed E-state index contributed by atoms with van der Waals surface area (Å²) in [4.78, 5) is 22.3. The van der Waals surface area contributed by atoms with Crippen LogP contribution in [0.1, 0.15) is 36.3 Å². The van der Waals surface area contributed by atoms with Gasteiger partial charge in [0.15, 0.2) is 0 Å². The summed E-state index contributed by atoms with van der Waals surface area (Å²) in [6, 6.07) is 16.6. The molecule has 1 amide bonds. The van der Waals surface area contributed by atoms with Crippen LogP contribution >= 0.6 is 11.3 Å². The molecule has 0 saturated carbocycles. The minimum Gasteiger partial charge on any atom is -0.310 e. The largest absolute Gasteiger partial charge is 0.310 e. The van der Waals surface area contributed by atoms with Crippen LogP contribution in [0.2, 0.25) is 0 Å². The number of para-hydroxylation sites is 2. The maximum Gasteiger partial charge on any atom is 0.244 e. The van der Waals surface area contributed by atoms with Gasteiger partial charge < -0.3 is 4.90 Å². The molecule has 0 N–H and O–H groups in total. The molecule has 28 heavy (non-hydrogen) atoms. The van der Waals surface area contributed by atoms with Crippen LogP contribution < -0.4 is 4.90 Å². The van der Waals surface area contributed by atoms with Crippen LogP contribution in [-0.4, -0.2) is 41.5 Å². The van der Waals surface area contributed by atoms with Gasteiger partial charge in [0.2, 0.25) is 5.91 Å². The number of aromatic nitrogens is 1. The van der Waals surface area contributed by atoms with E-state index in [-0.39, 0.29) is 11.9 Å². The summed E-state index contributed by atoms with van der Waals surface area (Å²) in [6.07, 6.45) is 3.12. The number of amides is 1. The van der Waals surface area contributed by atoms with Crippen LogP contribution in [0.3, 0.4) is 0 Å². The van der Waals surface area contributed by atoms with Crippen molar-refractivity contribution in [1.82, 2.24) is 9.88 Å². The quantitative estimate of drug-likeness (QED) is 0.662. The predicted molar refractivity (Wildman–Crippen MR) is 115 cm³/mol. The third-order valence-corrected chi connectivity index (χ3v) is 7.45. The first kappa shape index (κ1) is 17.8. The van der Waals surface area contributed by atoms with Gasteiger partial charge in [-0.3, -0.25) is 9.69 Å². The van der Waals surface area contributed by atoms with Gasteiger partial charge in [-0.1, -0.05) is 30.3 Å². The van der Waals surface area contributed by atoms with Gasteiger partial charge >= 0.3 is 0 Å². The number of carbonyl (C=O) groups is 1. The lowest BCUT2D eigenvalue weighted by Gasteiger charge is -2.36. The van der Waals surface area contributed by atoms with Gasteiger partial charge in [-0.25, -0.2) is 4.98 Å². The van der Waals surface area contributed by atoms with Crippen molar-refractivity contribution in [2.75, 3.05) is 24.5 Å². The number of fused-ring (bicyclic) bond motifs is 2. The van der Waals surface area contributed by atoms with E-state index in [2.05, 4.69) is 54.3 Å². The lowest BCUT2D eigenvalue weighted by atomic mass is 9.96. The molecule has 5 heteroatoms. The Labute approximate surface area is 169 Å². The molecule has 0 aliphatic carbocycles. The van der Waals surface area contributed by atoms with Gasteiger partial charge in [-0.15, -0.1) is 11.3 Å². The second-order valence-electron chi connectivity index (χ2n) is 7.87. The highest BCUT2D eigenvalue weighted by atomic mass is 32.1. The van der Waals surface area contributed by atoms with Crippen molar-refractivity contribution in [3.63, 3.8) is 0 Å². The Bertz CT molecular complexity index is 973. The molecule has 1 fully saturated rings. The second-order valence-corrected chi connectivity index (χ2v) is 8.94. The summed E-state index contributed by atoms with van der Waals surface area (Å²) in [6.45, 7) is 4.80. The van der Waals surface area contributed by atoms with Gasteiger partial charge in [-0.05, 0) is 63.0 Å². The predicted octanol–water partition coefficient (Wildman–Crippen LogP) is 4.45. The average molecular weight is 392 g/mol. The molecule has 0 bridgehead atoms. The standard InChI is InChI=1S/C23H25N3OS/c1-16(23(27)26-15-12-17-6-2-4-8-20(17)26)25-13-10-18(11-14-25)22-24-19-7-3-5-9-21(19)28-22/h2-9,16,18H,10-15H2,1H3. The van der Waals surface area contributed by atoms with Gasteiger partial charge in [0.25, 0.3) is 0 Å². The Morgan fingerprint density at radius 2 is 1.82 bits per heavy atom. The van der Waals surface area contributed by atoms with Crippen LogP contribution in [0.5, 0.6) is 0 Å². The first-order chi connectivity index (χ1) is 13.7. The SMILES string of the molecule is CC(C(=O)N1CCc2ccccc21)N1CCC(c2nc3ccccc3s2)CC1. The molecule has 1 saturated heterocycles. The summed E-state index contributed by atoms with van der Waals surface area (Å²) in [7, 11) is 0. The number of thiazole rings is 1. The van der Waals surface area contributed by atoms with Crippen LogP contribution in [0.4, 0.5) is 5.69 Å². The zero-order valence-electron chi connectivity index (χ0n) is 16.2. The molecular weight excluding hydrogens is 366 g/mol. The Hall–Kier alpha value is -2.24. The number of benzene rings is 2. The van der Waals surface area contributed by atoms with Crippen molar-refractivity contribution in [3.05, 3.63) is 59.1 Å². The molecule has 2 aliphatic rings. The monoisotopic (exact) mass is 391 g/mol. The molecule has 144 valence electrons. The Morgan fingerprint density at radius 3 is 2.64 bits per heavy atom. The molecule has 0 spiro atoms. The topological polar surface area (TPSA) is 36.4 Å². The average Bonchev–Trinajstić information content (AvgIpc) is 3.37. The van der Waals surface area contributed by atoms with Crippen LogP contribution in [0.25, 0.3) is 10.2 Å². The fourth-order valence-corrected chi connectivity index (χ4v) is 5.68. The fraction of sp³-hybridized carbons (Fsp3) is 0.391. The van der Waals surface area contributed by atoms with Crippen molar-refractivity contribution in [2.45, 2.75) is 38.1 Å². The number of hydrogen-bond donors (Lipinski definition) is 0. The van der Waals surface area contributed by atoms with E-state index in [1.165, 1.54) is 15.3 Å². The van der Waals surface area contributed by atoms with Crippen LogP contribution in [0.15, 0.2) is 48.5 Å². The molecule has 2 aliphatic heterocycles. The zero-order chi connectivity index (χ0) is 19.1. The van der Waals surface area contributed by atoms with Crippen molar-refractivity contribution in [3.8, 4) is 0 Å². The Balaban J connectivity index is 1.24. The first-order valence-corrected chi connectivity index (χ1v) is 11.0. The van der Waals surface area contributed by atoms with Crippen molar-refractivity contribution in [1.29, 1.82) is 0 Å². The number of rotatable bonds is 3. The van der Waals surface area contributed by atoms with Gasteiger partial charge in [0, 0.05) is 18.2 Å². The summed E-state index contributed by atoms with van der Waals surface area (Å²) >= 11 is 1.83. The molecule has 3 aromatic rings. The second kappa shape index (κ2) is 7.30.